The highest BCUT2D eigenvalue weighted by Gasteiger charge is 2.08. The fraction of sp³-hybridized carbons (Fsp3) is 0.211. The van der Waals surface area contributed by atoms with Gasteiger partial charge in [0, 0.05) is 31.2 Å². The number of carbonyl (C=O) groups excluding carboxylic acids is 1. The van der Waals surface area contributed by atoms with Crippen LogP contribution in [-0.2, 0) is 11.3 Å². The molecule has 1 aromatic heterocycles. The number of benzene rings is 2. The molecule has 8 heteroatoms. The SMILES string of the molecule is CNc1cccc(NC(=O)Nc2ccc3ncn(CCOC)c(=O)c3c2)c1. The van der Waals surface area contributed by atoms with E-state index in [1.807, 2.05) is 25.2 Å². The molecule has 27 heavy (non-hydrogen) atoms. The highest BCUT2D eigenvalue weighted by atomic mass is 16.5. The molecule has 0 spiro atoms. The van der Waals surface area contributed by atoms with Crippen molar-refractivity contribution >= 4 is 34.0 Å². The van der Waals surface area contributed by atoms with Gasteiger partial charge in [-0.15, -0.1) is 0 Å². The van der Waals surface area contributed by atoms with E-state index in [-0.39, 0.29) is 5.56 Å². The molecule has 0 aliphatic heterocycles. The Balaban J connectivity index is 1.78. The van der Waals surface area contributed by atoms with Crippen molar-refractivity contribution in [3.05, 3.63) is 59.1 Å². The number of fused-ring (bicyclic) bond motifs is 1. The van der Waals surface area contributed by atoms with Crippen LogP contribution in [0.3, 0.4) is 0 Å². The van der Waals surface area contributed by atoms with E-state index in [1.165, 1.54) is 10.9 Å². The Bertz CT molecular complexity index is 1020. The van der Waals surface area contributed by atoms with Crippen LogP contribution in [0.2, 0.25) is 0 Å². The maximum absolute atomic E-state index is 12.6. The van der Waals surface area contributed by atoms with Crippen molar-refractivity contribution < 1.29 is 9.53 Å². The lowest BCUT2D eigenvalue weighted by molar-refractivity contribution is 0.186. The van der Waals surface area contributed by atoms with Gasteiger partial charge in [0.25, 0.3) is 5.56 Å². The average Bonchev–Trinajstić information content (AvgIpc) is 2.68. The summed E-state index contributed by atoms with van der Waals surface area (Å²) < 4.78 is 6.49. The van der Waals surface area contributed by atoms with Gasteiger partial charge in [-0.2, -0.15) is 0 Å². The zero-order chi connectivity index (χ0) is 19.2. The molecule has 3 N–H and O–H groups in total. The molecule has 0 aliphatic carbocycles. The van der Waals surface area contributed by atoms with Gasteiger partial charge in [-0.1, -0.05) is 6.07 Å². The van der Waals surface area contributed by atoms with E-state index in [9.17, 15) is 9.59 Å². The summed E-state index contributed by atoms with van der Waals surface area (Å²) in [5.41, 5.74) is 2.45. The smallest absolute Gasteiger partial charge is 0.323 e. The number of ether oxygens (including phenoxy) is 1. The number of aromatic nitrogens is 2. The van der Waals surface area contributed by atoms with Gasteiger partial charge < -0.3 is 20.7 Å². The molecule has 2 aromatic carbocycles. The van der Waals surface area contributed by atoms with E-state index >= 15 is 0 Å². The number of hydrogen-bond donors (Lipinski definition) is 3. The molecule has 0 fully saturated rings. The molecule has 140 valence electrons. The van der Waals surface area contributed by atoms with Crippen molar-refractivity contribution in [1.29, 1.82) is 0 Å². The lowest BCUT2D eigenvalue weighted by Crippen LogP contribution is -2.23. The van der Waals surface area contributed by atoms with E-state index in [4.69, 9.17) is 4.74 Å². The average molecular weight is 367 g/mol. The number of hydrogen-bond acceptors (Lipinski definition) is 5. The highest BCUT2D eigenvalue weighted by Crippen LogP contribution is 2.17. The van der Waals surface area contributed by atoms with Crippen molar-refractivity contribution in [3.63, 3.8) is 0 Å². The van der Waals surface area contributed by atoms with Gasteiger partial charge in [0.15, 0.2) is 0 Å². The summed E-state index contributed by atoms with van der Waals surface area (Å²) in [6, 6.07) is 12.0. The van der Waals surface area contributed by atoms with Crippen LogP contribution in [0.25, 0.3) is 10.9 Å². The first kappa shape index (κ1) is 18.4. The van der Waals surface area contributed by atoms with E-state index in [0.29, 0.717) is 35.4 Å². The number of methoxy groups -OCH3 is 1. The molecule has 8 nitrogen and oxygen atoms in total. The number of rotatable bonds is 6. The Morgan fingerprint density at radius 2 is 1.85 bits per heavy atom. The summed E-state index contributed by atoms with van der Waals surface area (Å²) in [4.78, 5) is 29.1. The zero-order valence-electron chi connectivity index (χ0n) is 15.2. The Hall–Kier alpha value is -3.39. The van der Waals surface area contributed by atoms with Crippen molar-refractivity contribution in [1.82, 2.24) is 9.55 Å². The quantitative estimate of drug-likeness (QED) is 0.622. The van der Waals surface area contributed by atoms with Crippen LogP contribution in [0, 0.1) is 0 Å². The predicted molar refractivity (Wildman–Crippen MR) is 107 cm³/mol. The standard InChI is InChI=1S/C19H21N5O3/c1-20-13-4-3-5-14(10-13)22-19(26)23-15-6-7-17-16(11-15)18(25)24(12-21-17)8-9-27-2/h3-7,10-12,20H,8-9H2,1-2H3,(H2,22,23,26). The first-order valence-electron chi connectivity index (χ1n) is 8.44. The van der Waals surface area contributed by atoms with Gasteiger partial charge in [-0.3, -0.25) is 9.36 Å². The van der Waals surface area contributed by atoms with Crippen molar-refractivity contribution in [3.8, 4) is 0 Å². The molecule has 0 radical (unpaired) electrons. The number of anilines is 3. The number of urea groups is 1. The summed E-state index contributed by atoms with van der Waals surface area (Å²) in [5.74, 6) is 0. The zero-order valence-corrected chi connectivity index (χ0v) is 15.2. The first-order valence-corrected chi connectivity index (χ1v) is 8.44. The molecular weight excluding hydrogens is 346 g/mol. The van der Waals surface area contributed by atoms with Crippen molar-refractivity contribution in [2.45, 2.75) is 6.54 Å². The van der Waals surface area contributed by atoms with E-state index in [0.717, 1.165) is 5.69 Å². The largest absolute Gasteiger partial charge is 0.388 e. The van der Waals surface area contributed by atoms with Gasteiger partial charge in [0.05, 0.1) is 30.4 Å². The fourth-order valence-corrected chi connectivity index (χ4v) is 2.63. The number of nitrogens with one attached hydrogen (secondary N) is 3. The molecule has 2 amide bonds. The molecular formula is C19H21N5O3. The fourth-order valence-electron chi connectivity index (χ4n) is 2.63. The predicted octanol–water partition coefficient (Wildman–Crippen LogP) is 2.73. The molecule has 0 saturated heterocycles. The summed E-state index contributed by atoms with van der Waals surface area (Å²) in [6.07, 6.45) is 1.50. The third-order valence-corrected chi connectivity index (χ3v) is 4.03. The van der Waals surface area contributed by atoms with E-state index in [1.54, 1.807) is 31.4 Å². The Morgan fingerprint density at radius 1 is 1.11 bits per heavy atom. The molecule has 0 aliphatic rings. The van der Waals surface area contributed by atoms with Crippen LogP contribution < -0.4 is 21.5 Å². The topological polar surface area (TPSA) is 97.3 Å². The maximum atomic E-state index is 12.6. The van der Waals surface area contributed by atoms with Gasteiger partial charge in [-0.25, -0.2) is 9.78 Å². The molecule has 0 atom stereocenters. The van der Waals surface area contributed by atoms with Crippen LogP contribution >= 0.6 is 0 Å². The Morgan fingerprint density at radius 3 is 2.59 bits per heavy atom. The van der Waals surface area contributed by atoms with Crippen LogP contribution in [0.5, 0.6) is 0 Å². The summed E-state index contributed by atoms with van der Waals surface area (Å²) >= 11 is 0. The number of carbonyl (C=O) groups is 1. The van der Waals surface area contributed by atoms with Crippen LogP contribution in [-0.4, -0.2) is 36.3 Å². The van der Waals surface area contributed by atoms with Gasteiger partial charge >= 0.3 is 6.03 Å². The van der Waals surface area contributed by atoms with E-state index < -0.39 is 6.03 Å². The minimum Gasteiger partial charge on any atom is -0.388 e. The van der Waals surface area contributed by atoms with Crippen LogP contribution in [0.1, 0.15) is 0 Å². The second-order valence-electron chi connectivity index (χ2n) is 5.88. The molecule has 0 saturated carbocycles. The van der Waals surface area contributed by atoms with E-state index in [2.05, 4.69) is 20.9 Å². The number of amides is 2. The summed E-state index contributed by atoms with van der Waals surface area (Å²) in [7, 11) is 3.38. The maximum Gasteiger partial charge on any atom is 0.323 e. The van der Waals surface area contributed by atoms with Crippen LogP contribution in [0.4, 0.5) is 21.9 Å². The first-order chi connectivity index (χ1) is 13.1. The minimum atomic E-state index is -0.397. The van der Waals surface area contributed by atoms with Gasteiger partial charge in [0.1, 0.15) is 0 Å². The second kappa shape index (κ2) is 8.33. The van der Waals surface area contributed by atoms with Gasteiger partial charge in [-0.05, 0) is 36.4 Å². The molecule has 1 heterocycles. The third kappa shape index (κ3) is 4.42. The highest BCUT2D eigenvalue weighted by molar-refractivity contribution is 6.01. The lowest BCUT2D eigenvalue weighted by atomic mass is 10.2. The molecule has 3 aromatic rings. The molecule has 0 bridgehead atoms. The third-order valence-electron chi connectivity index (χ3n) is 4.03. The number of nitrogens with zero attached hydrogens (tertiary/aromatic N) is 2. The van der Waals surface area contributed by atoms with Crippen LogP contribution in [0.15, 0.2) is 53.6 Å². The second-order valence-corrected chi connectivity index (χ2v) is 5.88. The monoisotopic (exact) mass is 367 g/mol. The Labute approximate surface area is 156 Å². The summed E-state index contributed by atoms with van der Waals surface area (Å²) in [5, 5.41) is 8.95. The van der Waals surface area contributed by atoms with Gasteiger partial charge in [0.2, 0.25) is 0 Å². The molecule has 0 unspecified atom stereocenters. The summed E-state index contributed by atoms with van der Waals surface area (Å²) in [6.45, 7) is 0.831. The van der Waals surface area contributed by atoms with Crippen molar-refractivity contribution in [2.24, 2.45) is 0 Å². The minimum absolute atomic E-state index is 0.178. The van der Waals surface area contributed by atoms with Crippen molar-refractivity contribution in [2.75, 3.05) is 36.7 Å². The lowest BCUT2D eigenvalue weighted by Gasteiger charge is -2.10. The molecule has 3 rings (SSSR count). The normalized spacial score (nSPS) is 10.6. The Kier molecular flexibility index (Phi) is 5.68.